The zero-order valence-electron chi connectivity index (χ0n) is 11.3. The molecular formula is C15H17N3O2. The highest BCUT2D eigenvalue weighted by Crippen LogP contribution is 2.34. The summed E-state index contributed by atoms with van der Waals surface area (Å²) >= 11 is 0. The van der Waals surface area contributed by atoms with Crippen molar-refractivity contribution in [2.24, 2.45) is 5.84 Å². The highest BCUT2D eigenvalue weighted by atomic mass is 16.6. The Morgan fingerprint density at radius 3 is 2.75 bits per heavy atom. The summed E-state index contributed by atoms with van der Waals surface area (Å²) in [5, 5.41) is 0. The number of hydrazine groups is 1. The Balaban J connectivity index is 1.99. The molecule has 0 aliphatic carbocycles. The van der Waals surface area contributed by atoms with E-state index in [4.69, 9.17) is 15.3 Å². The fourth-order valence-corrected chi connectivity index (χ4v) is 2.38. The maximum absolute atomic E-state index is 5.73. The van der Waals surface area contributed by atoms with Gasteiger partial charge in [0.15, 0.2) is 11.5 Å². The van der Waals surface area contributed by atoms with Crippen molar-refractivity contribution in [2.45, 2.75) is 13.0 Å². The minimum Gasteiger partial charge on any atom is -0.486 e. The molecular weight excluding hydrogens is 254 g/mol. The number of aryl methyl sites for hydroxylation is 1. The number of benzene rings is 1. The van der Waals surface area contributed by atoms with Gasteiger partial charge in [0.2, 0.25) is 0 Å². The summed E-state index contributed by atoms with van der Waals surface area (Å²) in [7, 11) is 0. The number of fused-ring (bicyclic) bond motifs is 1. The van der Waals surface area contributed by atoms with Gasteiger partial charge in [0.25, 0.3) is 0 Å². The molecule has 5 heteroatoms. The smallest absolute Gasteiger partial charge is 0.161 e. The van der Waals surface area contributed by atoms with Gasteiger partial charge >= 0.3 is 0 Å². The van der Waals surface area contributed by atoms with E-state index in [1.165, 1.54) is 0 Å². The summed E-state index contributed by atoms with van der Waals surface area (Å²) in [5.41, 5.74) is 6.05. The maximum atomic E-state index is 5.73. The lowest BCUT2D eigenvalue weighted by atomic mass is 9.97. The minimum atomic E-state index is -0.125. The number of hydrogen-bond acceptors (Lipinski definition) is 5. The highest BCUT2D eigenvalue weighted by Gasteiger charge is 2.18. The second kappa shape index (κ2) is 5.48. The van der Waals surface area contributed by atoms with E-state index < -0.39 is 0 Å². The molecule has 2 heterocycles. The Bertz CT molecular complexity index is 616. The summed E-state index contributed by atoms with van der Waals surface area (Å²) in [6, 6.07) is 7.72. The lowest BCUT2D eigenvalue weighted by Crippen LogP contribution is -2.29. The summed E-state index contributed by atoms with van der Waals surface area (Å²) in [4.78, 5) is 4.18. The van der Waals surface area contributed by atoms with Crippen molar-refractivity contribution in [2.75, 3.05) is 13.2 Å². The van der Waals surface area contributed by atoms with Gasteiger partial charge in [-0.15, -0.1) is 0 Å². The summed E-state index contributed by atoms with van der Waals surface area (Å²) in [6.45, 7) is 3.20. The van der Waals surface area contributed by atoms with Crippen LogP contribution in [0.5, 0.6) is 11.5 Å². The molecule has 20 heavy (non-hydrogen) atoms. The van der Waals surface area contributed by atoms with Crippen LogP contribution in [0.2, 0.25) is 0 Å². The van der Waals surface area contributed by atoms with E-state index in [0.29, 0.717) is 13.2 Å². The van der Waals surface area contributed by atoms with E-state index in [-0.39, 0.29) is 6.04 Å². The van der Waals surface area contributed by atoms with E-state index in [1.54, 1.807) is 6.20 Å². The van der Waals surface area contributed by atoms with Gasteiger partial charge in [-0.05, 0) is 41.8 Å². The zero-order chi connectivity index (χ0) is 13.9. The van der Waals surface area contributed by atoms with Crippen molar-refractivity contribution in [3.05, 3.63) is 53.3 Å². The lowest BCUT2D eigenvalue weighted by molar-refractivity contribution is 0.171. The van der Waals surface area contributed by atoms with Crippen LogP contribution in [0.1, 0.15) is 22.7 Å². The van der Waals surface area contributed by atoms with Gasteiger partial charge in [0.05, 0.1) is 6.04 Å². The molecule has 1 aliphatic rings. The van der Waals surface area contributed by atoms with Crippen LogP contribution in [0.4, 0.5) is 0 Å². The lowest BCUT2D eigenvalue weighted by Gasteiger charge is -2.22. The van der Waals surface area contributed by atoms with E-state index >= 15 is 0 Å². The Hall–Kier alpha value is -2.11. The number of nitrogens with one attached hydrogen (secondary N) is 1. The highest BCUT2D eigenvalue weighted by molar-refractivity contribution is 5.47. The molecule has 3 rings (SSSR count). The topological polar surface area (TPSA) is 69.4 Å². The van der Waals surface area contributed by atoms with Crippen LogP contribution in [0.15, 0.2) is 36.7 Å². The van der Waals surface area contributed by atoms with E-state index in [1.807, 2.05) is 37.4 Å². The maximum Gasteiger partial charge on any atom is 0.161 e. The average Bonchev–Trinajstić information content (AvgIpc) is 2.50. The van der Waals surface area contributed by atoms with Gasteiger partial charge in [-0.2, -0.15) is 0 Å². The number of ether oxygens (including phenoxy) is 2. The predicted octanol–water partition coefficient (Wildman–Crippen LogP) is 1.71. The molecule has 0 saturated heterocycles. The number of rotatable bonds is 3. The van der Waals surface area contributed by atoms with Gasteiger partial charge < -0.3 is 9.47 Å². The Morgan fingerprint density at radius 1 is 1.20 bits per heavy atom. The minimum absolute atomic E-state index is 0.125. The second-order valence-corrected chi connectivity index (χ2v) is 4.74. The molecule has 1 aromatic carbocycles. The fraction of sp³-hybridized carbons (Fsp3) is 0.267. The molecule has 104 valence electrons. The first-order valence-electron chi connectivity index (χ1n) is 6.56. The molecule has 0 fully saturated rings. The molecule has 0 spiro atoms. The van der Waals surface area contributed by atoms with Crippen molar-refractivity contribution in [1.29, 1.82) is 0 Å². The molecule has 5 nitrogen and oxygen atoms in total. The quantitative estimate of drug-likeness (QED) is 0.657. The Labute approximate surface area is 117 Å². The first kappa shape index (κ1) is 12.9. The van der Waals surface area contributed by atoms with Gasteiger partial charge in [-0.25, -0.2) is 5.43 Å². The van der Waals surface area contributed by atoms with Crippen molar-refractivity contribution >= 4 is 0 Å². The van der Waals surface area contributed by atoms with Gasteiger partial charge in [-0.1, -0.05) is 6.07 Å². The first-order valence-corrected chi connectivity index (χ1v) is 6.56. The molecule has 3 N–H and O–H groups in total. The van der Waals surface area contributed by atoms with Crippen LogP contribution in [0.25, 0.3) is 0 Å². The molecule has 2 aromatic rings. The van der Waals surface area contributed by atoms with Gasteiger partial charge in [-0.3, -0.25) is 10.8 Å². The van der Waals surface area contributed by atoms with Crippen molar-refractivity contribution in [3.8, 4) is 11.5 Å². The first-order chi connectivity index (χ1) is 9.79. The molecule has 0 bridgehead atoms. The number of aromatic nitrogens is 1. The normalized spacial score (nSPS) is 14.9. The van der Waals surface area contributed by atoms with Crippen LogP contribution in [0, 0.1) is 6.92 Å². The van der Waals surface area contributed by atoms with Gasteiger partial charge in [0.1, 0.15) is 13.2 Å². The molecule has 1 aliphatic heterocycles. The van der Waals surface area contributed by atoms with Gasteiger partial charge in [0, 0.05) is 12.4 Å². The SMILES string of the molecule is Cc1ccncc1C(NN)c1ccc2c(c1)OCCO2. The van der Waals surface area contributed by atoms with Crippen LogP contribution >= 0.6 is 0 Å². The van der Waals surface area contributed by atoms with Crippen molar-refractivity contribution < 1.29 is 9.47 Å². The molecule has 0 radical (unpaired) electrons. The molecule has 0 saturated carbocycles. The summed E-state index contributed by atoms with van der Waals surface area (Å²) in [6.07, 6.45) is 3.60. The fourth-order valence-electron chi connectivity index (χ4n) is 2.38. The third kappa shape index (κ3) is 2.33. The van der Waals surface area contributed by atoms with E-state index in [2.05, 4.69) is 10.4 Å². The van der Waals surface area contributed by atoms with Crippen LogP contribution in [0.3, 0.4) is 0 Å². The summed E-state index contributed by atoms with van der Waals surface area (Å²) < 4.78 is 11.1. The Morgan fingerprint density at radius 2 is 2.00 bits per heavy atom. The van der Waals surface area contributed by atoms with Crippen LogP contribution < -0.4 is 20.7 Å². The molecule has 1 atom stereocenters. The van der Waals surface area contributed by atoms with Crippen molar-refractivity contribution in [1.82, 2.24) is 10.4 Å². The standard InChI is InChI=1S/C15H17N3O2/c1-10-4-5-17-9-12(10)15(18-16)11-2-3-13-14(8-11)20-7-6-19-13/h2-5,8-9,15,18H,6-7,16H2,1H3. The predicted molar refractivity (Wildman–Crippen MR) is 75.6 cm³/mol. The van der Waals surface area contributed by atoms with E-state index in [9.17, 15) is 0 Å². The third-order valence-corrected chi connectivity index (χ3v) is 3.46. The summed E-state index contributed by atoms with van der Waals surface area (Å²) in [5.74, 6) is 7.27. The van der Waals surface area contributed by atoms with Crippen LogP contribution in [-0.4, -0.2) is 18.2 Å². The number of pyridine rings is 1. The number of hydrogen-bond donors (Lipinski definition) is 2. The largest absolute Gasteiger partial charge is 0.486 e. The van der Waals surface area contributed by atoms with Crippen LogP contribution in [-0.2, 0) is 0 Å². The molecule has 1 aromatic heterocycles. The average molecular weight is 271 g/mol. The second-order valence-electron chi connectivity index (χ2n) is 4.74. The Kier molecular flexibility index (Phi) is 3.54. The zero-order valence-corrected chi connectivity index (χ0v) is 11.3. The molecule has 1 unspecified atom stereocenters. The van der Waals surface area contributed by atoms with E-state index in [0.717, 1.165) is 28.2 Å². The van der Waals surface area contributed by atoms with Crippen molar-refractivity contribution in [3.63, 3.8) is 0 Å². The number of nitrogens with two attached hydrogens (primary N) is 1. The monoisotopic (exact) mass is 271 g/mol. The number of nitrogens with zero attached hydrogens (tertiary/aromatic N) is 1. The third-order valence-electron chi connectivity index (χ3n) is 3.46. The molecule has 0 amide bonds.